The molecule has 9 heteroatoms. The Kier molecular flexibility index (Phi) is 5.86. The molecule has 196 valence electrons. The Balaban J connectivity index is 1.29. The van der Waals surface area contributed by atoms with Crippen molar-refractivity contribution in [3.8, 4) is 11.4 Å². The number of fused-ring (bicyclic) bond motifs is 3. The van der Waals surface area contributed by atoms with Crippen molar-refractivity contribution in [1.29, 1.82) is 0 Å². The van der Waals surface area contributed by atoms with E-state index in [4.69, 9.17) is 21.6 Å². The van der Waals surface area contributed by atoms with Gasteiger partial charge in [-0.1, -0.05) is 29.8 Å². The third-order valence-electron chi connectivity index (χ3n) is 7.68. The number of nitrogens with one attached hydrogen (secondary N) is 4. The van der Waals surface area contributed by atoms with Crippen molar-refractivity contribution in [2.45, 2.75) is 32.4 Å². The lowest BCUT2D eigenvalue weighted by Gasteiger charge is -2.25. The van der Waals surface area contributed by atoms with E-state index < -0.39 is 0 Å². The zero-order valence-corrected chi connectivity index (χ0v) is 22.3. The third-order valence-corrected chi connectivity index (χ3v) is 7.91. The summed E-state index contributed by atoms with van der Waals surface area (Å²) in [6.45, 7) is 4.68. The Morgan fingerprint density at radius 2 is 1.82 bits per heavy atom. The van der Waals surface area contributed by atoms with Crippen molar-refractivity contribution in [3.05, 3.63) is 87.4 Å². The molecule has 0 unspecified atom stereocenters. The highest BCUT2D eigenvalue weighted by Gasteiger charge is 2.21. The van der Waals surface area contributed by atoms with E-state index in [9.17, 15) is 4.79 Å². The Bertz CT molecular complexity index is 1880. The number of rotatable bonds is 5. The number of hydrogen-bond donors (Lipinski definition) is 4. The molecular weight excluding hydrogens is 510 g/mol. The number of aryl methyl sites for hydroxylation is 1. The van der Waals surface area contributed by atoms with Crippen LogP contribution in [0.15, 0.2) is 65.5 Å². The van der Waals surface area contributed by atoms with Crippen molar-refractivity contribution in [2.24, 2.45) is 0 Å². The van der Waals surface area contributed by atoms with Gasteiger partial charge in [0.15, 0.2) is 0 Å². The summed E-state index contributed by atoms with van der Waals surface area (Å²) in [6, 6.07) is 20.2. The van der Waals surface area contributed by atoms with Crippen LogP contribution in [-0.2, 0) is 6.54 Å². The quantitative estimate of drug-likeness (QED) is 0.218. The molecule has 39 heavy (non-hydrogen) atoms. The lowest BCUT2D eigenvalue weighted by molar-refractivity contribution is 0.370. The maximum absolute atomic E-state index is 13.4. The van der Waals surface area contributed by atoms with Crippen LogP contribution in [0.5, 0.6) is 0 Å². The SMILES string of the molecule is Cc1nc2cc(CNc3c(-c4nc5ccccc5[nH]4)c(=O)[nH]c4cc(Cl)ccc34)ccc2n1C1CCNCC1. The van der Waals surface area contributed by atoms with E-state index in [1.54, 1.807) is 6.07 Å². The highest BCUT2D eigenvalue weighted by molar-refractivity contribution is 6.31. The second-order valence-electron chi connectivity index (χ2n) is 10.2. The van der Waals surface area contributed by atoms with Crippen molar-refractivity contribution in [3.63, 3.8) is 0 Å². The molecule has 6 aromatic rings. The predicted octanol–water partition coefficient (Wildman–Crippen LogP) is 5.92. The second-order valence-corrected chi connectivity index (χ2v) is 10.6. The highest BCUT2D eigenvalue weighted by atomic mass is 35.5. The minimum atomic E-state index is -0.238. The second kappa shape index (κ2) is 9.55. The Morgan fingerprint density at radius 1 is 0.974 bits per heavy atom. The standard InChI is InChI=1S/C30H28ClN7O/c1-17-34-25-14-18(6-9-26(25)38(17)20-10-12-32-13-11-20)16-33-28-21-8-7-19(31)15-24(21)37-30(39)27(28)29-35-22-4-2-3-5-23(22)36-29/h2-9,14-15,20,32H,10-13,16H2,1H3,(H,35,36)(H2,33,37,39). The molecule has 0 aliphatic carbocycles. The molecule has 0 bridgehead atoms. The number of benzene rings is 3. The largest absolute Gasteiger partial charge is 0.380 e. The van der Waals surface area contributed by atoms with Crippen molar-refractivity contribution in [1.82, 2.24) is 29.8 Å². The number of H-pyrrole nitrogens is 2. The molecule has 1 aliphatic rings. The molecule has 4 heterocycles. The number of piperidine rings is 1. The van der Waals surface area contributed by atoms with Gasteiger partial charge < -0.3 is 25.2 Å². The summed E-state index contributed by atoms with van der Waals surface area (Å²) in [4.78, 5) is 29.3. The zero-order chi connectivity index (χ0) is 26.5. The lowest BCUT2D eigenvalue weighted by atomic mass is 10.1. The van der Waals surface area contributed by atoms with Crippen LogP contribution in [-0.4, -0.2) is 37.6 Å². The number of nitrogens with zero attached hydrogens (tertiary/aromatic N) is 3. The number of aromatic nitrogens is 5. The van der Waals surface area contributed by atoms with E-state index in [2.05, 4.69) is 50.3 Å². The van der Waals surface area contributed by atoms with E-state index in [0.29, 0.717) is 40.2 Å². The van der Waals surface area contributed by atoms with Gasteiger partial charge in [0.25, 0.3) is 5.56 Å². The minimum absolute atomic E-state index is 0.238. The fraction of sp³-hybridized carbons (Fsp3) is 0.233. The topological polar surface area (TPSA) is 103 Å². The predicted molar refractivity (Wildman–Crippen MR) is 158 cm³/mol. The molecule has 0 radical (unpaired) electrons. The first-order valence-corrected chi connectivity index (χ1v) is 13.7. The van der Waals surface area contributed by atoms with Gasteiger partial charge in [-0.25, -0.2) is 9.97 Å². The van der Waals surface area contributed by atoms with Crippen molar-refractivity contribution < 1.29 is 0 Å². The molecule has 1 fully saturated rings. The van der Waals surface area contributed by atoms with Crippen LogP contribution >= 0.6 is 11.6 Å². The summed E-state index contributed by atoms with van der Waals surface area (Å²) in [5.41, 5.74) is 6.52. The van der Waals surface area contributed by atoms with Crippen LogP contribution in [0.2, 0.25) is 5.02 Å². The van der Waals surface area contributed by atoms with Gasteiger partial charge in [0, 0.05) is 23.0 Å². The first kappa shape index (κ1) is 23.9. The maximum Gasteiger partial charge on any atom is 0.261 e. The number of imidazole rings is 2. The van der Waals surface area contributed by atoms with E-state index in [1.165, 1.54) is 5.52 Å². The molecule has 7 rings (SSSR count). The molecule has 1 aliphatic heterocycles. The average Bonchev–Trinajstić information content (AvgIpc) is 3.51. The Hall–Kier alpha value is -4.14. The normalized spacial score (nSPS) is 14.5. The van der Waals surface area contributed by atoms with Gasteiger partial charge in [0.2, 0.25) is 0 Å². The summed E-state index contributed by atoms with van der Waals surface area (Å²) >= 11 is 6.26. The number of pyridine rings is 1. The molecular formula is C30H28ClN7O. The first-order chi connectivity index (χ1) is 19.0. The van der Waals surface area contributed by atoms with E-state index in [0.717, 1.165) is 59.3 Å². The van der Waals surface area contributed by atoms with E-state index >= 15 is 0 Å². The molecule has 0 atom stereocenters. The van der Waals surface area contributed by atoms with Crippen LogP contribution in [0, 0.1) is 6.92 Å². The molecule has 4 N–H and O–H groups in total. The van der Waals surface area contributed by atoms with Crippen molar-refractivity contribution >= 4 is 50.3 Å². The van der Waals surface area contributed by atoms with E-state index in [1.807, 2.05) is 36.4 Å². The molecule has 0 saturated carbocycles. The Labute approximate surface area is 229 Å². The van der Waals surface area contributed by atoms with E-state index in [-0.39, 0.29) is 5.56 Å². The summed E-state index contributed by atoms with van der Waals surface area (Å²) in [6.07, 6.45) is 2.22. The summed E-state index contributed by atoms with van der Waals surface area (Å²) in [5, 5.41) is 8.43. The van der Waals surface area contributed by atoms with Gasteiger partial charge in [0.1, 0.15) is 17.2 Å². The van der Waals surface area contributed by atoms with Crippen LogP contribution in [0.25, 0.3) is 44.4 Å². The van der Waals surface area contributed by atoms with Gasteiger partial charge in [-0.05, 0) is 80.9 Å². The molecule has 1 saturated heterocycles. The lowest BCUT2D eigenvalue weighted by Crippen LogP contribution is -2.29. The molecule has 0 amide bonds. The number of para-hydroxylation sites is 2. The number of halogens is 1. The third kappa shape index (κ3) is 4.26. The van der Waals surface area contributed by atoms with Gasteiger partial charge in [0.05, 0.1) is 33.3 Å². The minimum Gasteiger partial charge on any atom is -0.380 e. The number of hydrogen-bond acceptors (Lipinski definition) is 5. The highest BCUT2D eigenvalue weighted by Crippen LogP contribution is 2.33. The van der Waals surface area contributed by atoms with Gasteiger partial charge in [-0.2, -0.15) is 0 Å². The summed E-state index contributed by atoms with van der Waals surface area (Å²) in [7, 11) is 0. The van der Waals surface area contributed by atoms with Crippen LogP contribution in [0.1, 0.15) is 30.3 Å². The molecule has 0 spiro atoms. The fourth-order valence-corrected chi connectivity index (χ4v) is 6.01. The number of anilines is 1. The van der Waals surface area contributed by atoms with Gasteiger partial charge in [-0.3, -0.25) is 4.79 Å². The molecule has 3 aromatic carbocycles. The summed E-state index contributed by atoms with van der Waals surface area (Å²) < 4.78 is 2.39. The van der Waals surface area contributed by atoms with Crippen LogP contribution in [0.3, 0.4) is 0 Å². The fourth-order valence-electron chi connectivity index (χ4n) is 5.84. The molecule has 3 aromatic heterocycles. The smallest absolute Gasteiger partial charge is 0.261 e. The van der Waals surface area contributed by atoms with Crippen LogP contribution < -0.4 is 16.2 Å². The number of aromatic amines is 2. The van der Waals surface area contributed by atoms with Crippen LogP contribution in [0.4, 0.5) is 5.69 Å². The molecule has 8 nitrogen and oxygen atoms in total. The average molecular weight is 538 g/mol. The first-order valence-electron chi connectivity index (χ1n) is 13.3. The monoisotopic (exact) mass is 537 g/mol. The van der Waals surface area contributed by atoms with Gasteiger partial charge >= 0.3 is 0 Å². The maximum atomic E-state index is 13.4. The Morgan fingerprint density at radius 3 is 2.67 bits per heavy atom. The summed E-state index contributed by atoms with van der Waals surface area (Å²) in [5.74, 6) is 1.57. The van der Waals surface area contributed by atoms with Gasteiger partial charge in [-0.15, -0.1) is 0 Å². The van der Waals surface area contributed by atoms with Crippen molar-refractivity contribution in [2.75, 3.05) is 18.4 Å². The zero-order valence-electron chi connectivity index (χ0n) is 21.5.